The second-order valence-electron chi connectivity index (χ2n) is 3.52. The Morgan fingerprint density at radius 2 is 1.35 bits per heavy atom. The maximum Gasteiger partial charge on any atom is 0.186 e. The van der Waals surface area contributed by atoms with E-state index in [1.54, 1.807) is 0 Å². The van der Waals surface area contributed by atoms with Gasteiger partial charge in [0.05, 0.1) is 16.8 Å². The molecule has 0 unspecified atom stereocenters. The summed E-state index contributed by atoms with van der Waals surface area (Å²) in [6.45, 7) is 0.947. The van der Waals surface area contributed by atoms with Crippen LogP contribution in [-0.4, -0.2) is 26.3 Å². The Kier molecular flexibility index (Phi) is 3.76. The van der Waals surface area contributed by atoms with E-state index in [0.717, 1.165) is 0 Å². The molecule has 0 N–H and O–H groups in total. The average Bonchev–Trinajstić information content (AvgIpc) is 2.36. The Bertz CT molecular complexity index is 419. The number of ether oxygens (including phenoxy) is 1. The molecule has 1 fully saturated rings. The third kappa shape index (κ3) is 2.22. The number of anilines is 1. The zero-order chi connectivity index (χ0) is 12.6. The van der Waals surface area contributed by atoms with E-state index in [2.05, 4.69) is 0 Å². The number of nitrogens with zero attached hydrogens (tertiary/aromatic N) is 1. The lowest BCUT2D eigenvalue weighted by atomic mass is 10.2. The highest BCUT2D eigenvalue weighted by Gasteiger charge is 2.28. The molecule has 7 heteroatoms. The van der Waals surface area contributed by atoms with Gasteiger partial charge in [0, 0.05) is 13.1 Å². The van der Waals surface area contributed by atoms with Crippen LogP contribution in [0.15, 0.2) is 0 Å². The lowest BCUT2D eigenvalue weighted by Gasteiger charge is -2.29. The van der Waals surface area contributed by atoms with Crippen LogP contribution >= 0.6 is 22.6 Å². The molecule has 0 atom stereocenters. The molecule has 1 heterocycles. The van der Waals surface area contributed by atoms with Crippen molar-refractivity contribution in [1.29, 1.82) is 0 Å². The van der Waals surface area contributed by atoms with Crippen LogP contribution in [0.2, 0.25) is 0 Å². The van der Waals surface area contributed by atoms with E-state index in [4.69, 9.17) is 4.74 Å². The van der Waals surface area contributed by atoms with E-state index in [1.165, 1.54) is 27.5 Å². The summed E-state index contributed by atoms with van der Waals surface area (Å²) in [5.41, 5.74) is -0.649. The van der Waals surface area contributed by atoms with E-state index in [1.807, 2.05) is 0 Å². The number of morpholine rings is 1. The monoisotopic (exact) mass is 361 g/mol. The first kappa shape index (κ1) is 12.9. The number of rotatable bonds is 1. The maximum atomic E-state index is 13.6. The minimum atomic E-state index is -1.36. The van der Waals surface area contributed by atoms with Gasteiger partial charge in [-0.25, -0.2) is 17.6 Å². The second-order valence-corrected chi connectivity index (χ2v) is 4.60. The Hall–Kier alpha value is -0.570. The van der Waals surface area contributed by atoms with Crippen molar-refractivity contribution >= 4 is 28.3 Å². The molecule has 94 valence electrons. The van der Waals surface area contributed by atoms with Crippen LogP contribution in [0.1, 0.15) is 0 Å². The molecule has 1 aromatic rings. The van der Waals surface area contributed by atoms with Gasteiger partial charge in [-0.15, -0.1) is 0 Å². The highest BCUT2D eigenvalue weighted by atomic mass is 127. The van der Waals surface area contributed by atoms with E-state index in [-0.39, 0.29) is 26.3 Å². The molecular weight excluding hydrogens is 353 g/mol. The number of hydrogen-bond donors (Lipinski definition) is 0. The van der Waals surface area contributed by atoms with Crippen molar-refractivity contribution in [2.24, 2.45) is 0 Å². The first-order valence-electron chi connectivity index (χ1n) is 4.88. The largest absolute Gasteiger partial charge is 0.378 e. The summed E-state index contributed by atoms with van der Waals surface area (Å²) in [7, 11) is 0. The Balaban J connectivity index is 2.52. The van der Waals surface area contributed by atoms with Gasteiger partial charge in [-0.2, -0.15) is 0 Å². The van der Waals surface area contributed by atoms with Gasteiger partial charge in [0.15, 0.2) is 23.3 Å². The van der Waals surface area contributed by atoms with Crippen LogP contribution in [0.3, 0.4) is 0 Å². The smallest absolute Gasteiger partial charge is 0.186 e. The van der Waals surface area contributed by atoms with Gasteiger partial charge in [-0.1, -0.05) is 0 Å². The van der Waals surface area contributed by atoms with Crippen LogP contribution in [0, 0.1) is 26.8 Å². The van der Waals surface area contributed by atoms with Crippen molar-refractivity contribution in [1.82, 2.24) is 0 Å². The van der Waals surface area contributed by atoms with E-state index in [9.17, 15) is 17.6 Å². The fraction of sp³-hybridized carbons (Fsp3) is 0.400. The van der Waals surface area contributed by atoms with Crippen LogP contribution in [-0.2, 0) is 4.74 Å². The number of hydrogen-bond acceptors (Lipinski definition) is 2. The highest BCUT2D eigenvalue weighted by molar-refractivity contribution is 14.1. The van der Waals surface area contributed by atoms with Crippen molar-refractivity contribution in [2.75, 3.05) is 31.2 Å². The molecule has 2 rings (SSSR count). The third-order valence-corrected chi connectivity index (χ3v) is 3.46. The zero-order valence-corrected chi connectivity index (χ0v) is 10.7. The Labute approximate surface area is 109 Å². The van der Waals surface area contributed by atoms with Crippen LogP contribution in [0.5, 0.6) is 0 Å². The van der Waals surface area contributed by atoms with Gasteiger partial charge in [0.2, 0.25) is 0 Å². The molecule has 0 bridgehead atoms. The van der Waals surface area contributed by atoms with Crippen molar-refractivity contribution < 1.29 is 22.3 Å². The molecule has 0 saturated carbocycles. The molecule has 1 aromatic carbocycles. The third-order valence-electron chi connectivity index (χ3n) is 2.51. The standard InChI is InChI=1S/C10H8F4INO/c11-5-7(13)10(8(14)6(12)9(5)15)16-1-3-17-4-2-16/h1-4H2. The average molecular weight is 361 g/mol. The summed E-state index contributed by atoms with van der Waals surface area (Å²) >= 11 is 1.23. The van der Waals surface area contributed by atoms with E-state index >= 15 is 0 Å². The lowest BCUT2D eigenvalue weighted by molar-refractivity contribution is 0.122. The molecule has 0 spiro atoms. The molecule has 0 aromatic heterocycles. The summed E-state index contributed by atoms with van der Waals surface area (Å²) in [5, 5.41) is 0. The topological polar surface area (TPSA) is 12.5 Å². The molecule has 1 aliphatic heterocycles. The predicted octanol–water partition coefficient (Wildman–Crippen LogP) is 2.68. The van der Waals surface area contributed by atoms with Crippen molar-refractivity contribution in [2.45, 2.75) is 0 Å². The van der Waals surface area contributed by atoms with E-state index < -0.39 is 32.5 Å². The summed E-state index contributed by atoms with van der Waals surface area (Å²) in [6, 6.07) is 0. The van der Waals surface area contributed by atoms with Crippen molar-refractivity contribution in [3.05, 3.63) is 26.8 Å². The predicted molar refractivity (Wildman–Crippen MR) is 62.0 cm³/mol. The summed E-state index contributed by atoms with van der Waals surface area (Å²) < 4.78 is 58.3. The van der Waals surface area contributed by atoms with Crippen molar-refractivity contribution in [3.8, 4) is 0 Å². The molecule has 2 nitrogen and oxygen atoms in total. The van der Waals surface area contributed by atoms with E-state index in [0.29, 0.717) is 0 Å². The maximum absolute atomic E-state index is 13.6. The lowest BCUT2D eigenvalue weighted by Crippen LogP contribution is -2.37. The minimum Gasteiger partial charge on any atom is -0.378 e. The summed E-state index contributed by atoms with van der Waals surface area (Å²) in [6.07, 6.45) is 0. The summed E-state index contributed by atoms with van der Waals surface area (Å²) in [5.74, 6) is -5.41. The van der Waals surface area contributed by atoms with Gasteiger partial charge in [-0.05, 0) is 22.6 Å². The SMILES string of the molecule is Fc1c(F)c(N2CCOCC2)c(F)c(F)c1I. The van der Waals surface area contributed by atoms with Gasteiger partial charge in [0.1, 0.15) is 5.69 Å². The highest BCUT2D eigenvalue weighted by Crippen LogP contribution is 2.31. The first-order chi connectivity index (χ1) is 8.04. The zero-order valence-electron chi connectivity index (χ0n) is 8.57. The molecule has 0 aliphatic carbocycles. The van der Waals surface area contributed by atoms with Gasteiger partial charge in [0.25, 0.3) is 0 Å². The molecule has 0 radical (unpaired) electrons. The number of halogens is 5. The fourth-order valence-corrected chi connectivity index (χ4v) is 2.13. The second kappa shape index (κ2) is 4.97. The summed E-state index contributed by atoms with van der Waals surface area (Å²) in [4.78, 5) is 1.25. The Morgan fingerprint density at radius 3 is 1.82 bits per heavy atom. The number of benzene rings is 1. The van der Waals surface area contributed by atoms with Crippen LogP contribution in [0.4, 0.5) is 23.2 Å². The van der Waals surface area contributed by atoms with Crippen molar-refractivity contribution in [3.63, 3.8) is 0 Å². The van der Waals surface area contributed by atoms with Gasteiger partial charge in [-0.3, -0.25) is 0 Å². The minimum absolute atomic E-state index is 0.202. The fourth-order valence-electron chi connectivity index (χ4n) is 1.66. The molecule has 0 amide bonds. The Morgan fingerprint density at radius 1 is 0.882 bits per heavy atom. The quantitative estimate of drug-likeness (QED) is 0.330. The van der Waals surface area contributed by atoms with Crippen LogP contribution in [0.25, 0.3) is 0 Å². The molecular formula is C10H8F4INO. The first-order valence-corrected chi connectivity index (χ1v) is 5.96. The molecule has 17 heavy (non-hydrogen) atoms. The molecule has 1 aliphatic rings. The van der Waals surface area contributed by atoms with Gasteiger partial charge < -0.3 is 9.64 Å². The normalized spacial score (nSPS) is 16.4. The van der Waals surface area contributed by atoms with Crippen LogP contribution < -0.4 is 4.90 Å². The molecule has 1 saturated heterocycles. The van der Waals surface area contributed by atoms with Gasteiger partial charge >= 0.3 is 0 Å².